The van der Waals surface area contributed by atoms with Gasteiger partial charge in [-0.1, -0.05) is 30.3 Å². The number of amides is 2. The van der Waals surface area contributed by atoms with E-state index in [0.717, 1.165) is 36.6 Å². The van der Waals surface area contributed by atoms with Crippen LogP contribution in [0.15, 0.2) is 30.3 Å². The first-order valence-corrected chi connectivity index (χ1v) is 8.39. The Labute approximate surface area is 141 Å². The van der Waals surface area contributed by atoms with Crippen LogP contribution < -0.4 is 10.6 Å². The molecule has 1 atom stereocenters. The Kier molecular flexibility index (Phi) is 5.43. The monoisotopic (exact) mass is 329 g/mol. The zero-order valence-electron chi connectivity index (χ0n) is 13.6. The number of rotatable bonds is 7. The van der Waals surface area contributed by atoms with E-state index in [0.29, 0.717) is 25.9 Å². The lowest BCUT2D eigenvalue weighted by atomic mass is 10.1. The molecule has 0 spiro atoms. The molecule has 0 radical (unpaired) electrons. The second-order valence-corrected chi connectivity index (χ2v) is 5.94. The average molecular weight is 329 g/mol. The van der Waals surface area contributed by atoms with E-state index >= 15 is 0 Å². The highest BCUT2D eigenvalue weighted by Crippen LogP contribution is 2.15. The van der Waals surface area contributed by atoms with Crippen molar-refractivity contribution in [3.05, 3.63) is 47.5 Å². The van der Waals surface area contributed by atoms with Gasteiger partial charge in [0, 0.05) is 32.5 Å². The Morgan fingerprint density at radius 3 is 2.83 bits per heavy atom. The number of carbonyl (C=O) groups is 1. The van der Waals surface area contributed by atoms with Gasteiger partial charge in [0.15, 0.2) is 0 Å². The molecular formula is C17H23N5O2. The number of aryl methyl sites for hydroxylation is 1. The van der Waals surface area contributed by atoms with Crippen LogP contribution in [0.25, 0.3) is 0 Å². The van der Waals surface area contributed by atoms with Crippen molar-refractivity contribution in [2.24, 2.45) is 0 Å². The van der Waals surface area contributed by atoms with Crippen LogP contribution in [0.2, 0.25) is 0 Å². The molecule has 3 rings (SSSR count). The maximum Gasteiger partial charge on any atom is 0.314 e. The Morgan fingerprint density at radius 1 is 1.21 bits per heavy atom. The summed E-state index contributed by atoms with van der Waals surface area (Å²) < 4.78 is 2.13. The summed E-state index contributed by atoms with van der Waals surface area (Å²) in [7, 11) is 0. The second-order valence-electron chi connectivity index (χ2n) is 5.94. The lowest BCUT2D eigenvalue weighted by Gasteiger charge is -2.12. The minimum atomic E-state index is -0.565. The Hall–Kier alpha value is -2.41. The van der Waals surface area contributed by atoms with Gasteiger partial charge in [-0.15, -0.1) is 10.2 Å². The number of urea groups is 1. The molecule has 1 unspecified atom stereocenters. The molecule has 2 amide bonds. The SMILES string of the molecule is O=C(NCCc1nnc2n1CCC2)NCCC(O)c1ccccc1. The van der Waals surface area contributed by atoms with Crippen molar-refractivity contribution in [2.75, 3.05) is 13.1 Å². The van der Waals surface area contributed by atoms with Crippen molar-refractivity contribution in [3.8, 4) is 0 Å². The number of hydrogen-bond donors (Lipinski definition) is 3. The maximum atomic E-state index is 11.8. The van der Waals surface area contributed by atoms with E-state index in [1.54, 1.807) is 0 Å². The van der Waals surface area contributed by atoms with Crippen LogP contribution in [0.3, 0.4) is 0 Å². The molecule has 1 aliphatic heterocycles. The predicted molar refractivity (Wildman–Crippen MR) is 89.5 cm³/mol. The average Bonchev–Trinajstić information content (AvgIpc) is 3.20. The minimum absolute atomic E-state index is 0.226. The lowest BCUT2D eigenvalue weighted by molar-refractivity contribution is 0.167. The fraction of sp³-hybridized carbons (Fsp3) is 0.471. The summed E-state index contributed by atoms with van der Waals surface area (Å²) in [4.78, 5) is 11.8. The summed E-state index contributed by atoms with van der Waals surface area (Å²) in [5.41, 5.74) is 0.861. The highest BCUT2D eigenvalue weighted by atomic mass is 16.3. The Morgan fingerprint density at radius 2 is 2.00 bits per heavy atom. The molecule has 2 aromatic rings. The van der Waals surface area contributed by atoms with E-state index in [1.807, 2.05) is 30.3 Å². The zero-order chi connectivity index (χ0) is 16.8. The lowest BCUT2D eigenvalue weighted by Crippen LogP contribution is -2.37. The predicted octanol–water partition coefficient (Wildman–Crippen LogP) is 1.19. The third kappa shape index (κ3) is 4.11. The quantitative estimate of drug-likeness (QED) is 0.711. The molecule has 2 heterocycles. The van der Waals surface area contributed by atoms with Crippen LogP contribution in [-0.4, -0.2) is 39.0 Å². The number of nitrogens with one attached hydrogen (secondary N) is 2. The van der Waals surface area contributed by atoms with Crippen LogP contribution in [0.1, 0.15) is 36.2 Å². The van der Waals surface area contributed by atoms with Crippen LogP contribution in [0.4, 0.5) is 4.79 Å². The topological polar surface area (TPSA) is 92.1 Å². The third-order valence-electron chi connectivity index (χ3n) is 4.21. The highest BCUT2D eigenvalue weighted by Gasteiger charge is 2.16. The smallest absolute Gasteiger partial charge is 0.314 e. The van der Waals surface area contributed by atoms with Crippen molar-refractivity contribution in [3.63, 3.8) is 0 Å². The van der Waals surface area contributed by atoms with E-state index in [1.165, 1.54) is 0 Å². The third-order valence-corrected chi connectivity index (χ3v) is 4.21. The van der Waals surface area contributed by atoms with E-state index in [4.69, 9.17) is 0 Å². The molecular weight excluding hydrogens is 306 g/mol. The summed E-state index contributed by atoms with van der Waals surface area (Å²) in [6.45, 7) is 1.91. The number of fused-ring (bicyclic) bond motifs is 1. The summed E-state index contributed by atoms with van der Waals surface area (Å²) in [5, 5.41) is 23.9. The van der Waals surface area contributed by atoms with Crippen LogP contribution in [0, 0.1) is 0 Å². The molecule has 0 aliphatic carbocycles. The highest BCUT2D eigenvalue weighted by molar-refractivity contribution is 5.73. The molecule has 7 heteroatoms. The normalized spacial score (nSPS) is 14.2. The summed E-state index contributed by atoms with van der Waals surface area (Å²) >= 11 is 0. The molecule has 1 aromatic carbocycles. The number of benzene rings is 1. The van der Waals surface area contributed by atoms with Crippen LogP contribution >= 0.6 is 0 Å². The standard InChI is InChI=1S/C17H23N5O2/c23-14(13-5-2-1-3-6-13)8-10-18-17(24)19-11-9-16-21-20-15-7-4-12-22(15)16/h1-3,5-6,14,23H,4,7-12H2,(H2,18,19,24). The zero-order valence-corrected chi connectivity index (χ0v) is 13.6. The van der Waals surface area contributed by atoms with Crippen molar-refractivity contribution < 1.29 is 9.90 Å². The van der Waals surface area contributed by atoms with Gasteiger partial charge in [0.05, 0.1) is 6.10 Å². The maximum absolute atomic E-state index is 11.8. The van der Waals surface area contributed by atoms with Crippen LogP contribution in [-0.2, 0) is 19.4 Å². The first kappa shape index (κ1) is 16.4. The number of aromatic nitrogens is 3. The molecule has 128 valence electrons. The summed E-state index contributed by atoms with van der Waals surface area (Å²) in [5.74, 6) is 1.98. The fourth-order valence-electron chi connectivity index (χ4n) is 2.91. The number of hydrogen-bond acceptors (Lipinski definition) is 4. The van der Waals surface area contributed by atoms with Gasteiger partial charge in [-0.05, 0) is 18.4 Å². The number of aliphatic hydroxyl groups is 1. The van der Waals surface area contributed by atoms with E-state index in [-0.39, 0.29) is 6.03 Å². The van der Waals surface area contributed by atoms with Gasteiger partial charge in [-0.2, -0.15) is 0 Å². The molecule has 0 saturated heterocycles. The van der Waals surface area contributed by atoms with Crippen molar-refractivity contribution in [1.82, 2.24) is 25.4 Å². The van der Waals surface area contributed by atoms with Gasteiger partial charge in [0.2, 0.25) is 0 Å². The molecule has 0 bridgehead atoms. The van der Waals surface area contributed by atoms with Gasteiger partial charge in [-0.3, -0.25) is 0 Å². The Balaban J connectivity index is 1.33. The molecule has 24 heavy (non-hydrogen) atoms. The van der Waals surface area contributed by atoms with Gasteiger partial charge in [-0.25, -0.2) is 4.79 Å². The Bertz CT molecular complexity index is 671. The summed E-state index contributed by atoms with van der Waals surface area (Å²) in [6, 6.07) is 9.21. The van der Waals surface area contributed by atoms with Gasteiger partial charge >= 0.3 is 6.03 Å². The van der Waals surface area contributed by atoms with Crippen molar-refractivity contribution >= 4 is 6.03 Å². The number of nitrogens with zero attached hydrogens (tertiary/aromatic N) is 3. The molecule has 7 nitrogen and oxygen atoms in total. The van der Waals surface area contributed by atoms with Crippen molar-refractivity contribution in [2.45, 2.75) is 38.3 Å². The van der Waals surface area contributed by atoms with E-state index < -0.39 is 6.10 Å². The summed E-state index contributed by atoms with van der Waals surface area (Å²) in [6.07, 6.45) is 2.70. The van der Waals surface area contributed by atoms with Crippen molar-refractivity contribution in [1.29, 1.82) is 0 Å². The largest absolute Gasteiger partial charge is 0.388 e. The fourth-order valence-corrected chi connectivity index (χ4v) is 2.91. The first-order chi connectivity index (χ1) is 11.7. The first-order valence-electron chi connectivity index (χ1n) is 8.39. The van der Waals surface area contributed by atoms with Gasteiger partial charge in [0.1, 0.15) is 11.6 Å². The van der Waals surface area contributed by atoms with Gasteiger partial charge in [0.25, 0.3) is 0 Å². The van der Waals surface area contributed by atoms with Gasteiger partial charge < -0.3 is 20.3 Å². The molecule has 0 fully saturated rings. The molecule has 1 aliphatic rings. The molecule has 3 N–H and O–H groups in total. The number of carbonyl (C=O) groups excluding carboxylic acids is 1. The van der Waals surface area contributed by atoms with E-state index in [2.05, 4.69) is 25.4 Å². The van der Waals surface area contributed by atoms with Crippen LogP contribution in [0.5, 0.6) is 0 Å². The van der Waals surface area contributed by atoms with E-state index in [9.17, 15) is 9.90 Å². The number of aliphatic hydroxyl groups excluding tert-OH is 1. The molecule has 1 aromatic heterocycles. The second kappa shape index (κ2) is 7.92. The minimum Gasteiger partial charge on any atom is -0.388 e. The molecule has 0 saturated carbocycles.